The third kappa shape index (κ3) is 3.55. The van der Waals surface area contributed by atoms with E-state index in [1.165, 1.54) is 0 Å². The SMILES string of the molecule is CN(C)Cc1nc2ccccc2n1CC(=O)Nc1cccc2ccccc12. The molecule has 4 rings (SSSR count). The summed E-state index contributed by atoms with van der Waals surface area (Å²) in [5.74, 6) is 0.823. The highest BCUT2D eigenvalue weighted by Gasteiger charge is 2.14. The Bertz CT molecular complexity index is 1110. The number of carbonyl (C=O) groups excluding carboxylic acids is 1. The van der Waals surface area contributed by atoms with E-state index in [2.05, 4.69) is 10.2 Å². The molecule has 5 heteroatoms. The van der Waals surface area contributed by atoms with Gasteiger partial charge in [-0.3, -0.25) is 4.79 Å². The molecule has 1 aromatic heterocycles. The van der Waals surface area contributed by atoms with Gasteiger partial charge in [0.05, 0.1) is 17.6 Å². The fourth-order valence-electron chi connectivity index (χ4n) is 3.37. The number of imidazole rings is 1. The summed E-state index contributed by atoms with van der Waals surface area (Å²) in [7, 11) is 4.00. The van der Waals surface area contributed by atoms with E-state index in [1.807, 2.05) is 85.4 Å². The first kappa shape index (κ1) is 17.2. The third-order valence-electron chi connectivity index (χ3n) is 4.56. The molecule has 0 spiro atoms. The minimum Gasteiger partial charge on any atom is -0.324 e. The van der Waals surface area contributed by atoms with Crippen LogP contribution >= 0.6 is 0 Å². The molecule has 0 fully saturated rings. The minimum absolute atomic E-state index is 0.0606. The highest BCUT2D eigenvalue weighted by molar-refractivity contribution is 6.02. The molecule has 0 bridgehead atoms. The molecule has 27 heavy (non-hydrogen) atoms. The standard InChI is InChI=1S/C22H22N4O/c1-25(2)14-21-23-19-11-5-6-13-20(19)26(21)15-22(27)24-18-12-7-9-16-8-3-4-10-17(16)18/h3-13H,14-15H2,1-2H3,(H,24,27). The Morgan fingerprint density at radius 2 is 1.74 bits per heavy atom. The van der Waals surface area contributed by atoms with Crippen molar-refractivity contribution in [3.63, 3.8) is 0 Å². The maximum absolute atomic E-state index is 12.8. The first-order valence-electron chi connectivity index (χ1n) is 8.98. The second kappa shape index (κ2) is 7.21. The summed E-state index contributed by atoms with van der Waals surface area (Å²) in [6, 6.07) is 21.9. The molecule has 0 unspecified atom stereocenters. The molecular formula is C22H22N4O. The van der Waals surface area contributed by atoms with E-state index in [0.29, 0.717) is 6.54 Å². The second-order valence-corrected chi connectivity index (χ2v) is 6.92. The van der Waals surface area contributed by atoms with Crippen LogP contribution in [0.2, 0.25) is 0 Å². The summed E-state index contributed by atoms with van der Waals surface area (Å²) in [4.78, 5) is 19.6. The molecule has 0 saturated heterocycles. The fraction of sp³-hybridized carbons (Fsp3) is 0.182. The van der Waals surface area contributed by atoms with Gasteiger partial charge in [0.15, 0.2) is 0 Å². The Morgan fingerprint density at radius 3 is 2.59 bits per heavy atom. The third-order valence-corrected chi connectivity index (χ3v) is 4.56. The van der Waals surface area contributed by atoms with Crippen molar-refractivity contribution in [2.45, 2.75) is 13.1 Å². The van der Waals surface area contributed by atoms with Crippen LogP contribution in [-0.4, -0.2) is 34.5 Å². The summed E-state index contributed by atoms with van der Waals surface area (Å²) in [5.41, 5.74) is 2.71. The molecule has 136 valence electrons. The van der Waals surface area contributed by atoms with E-state index in [4.69, 9.17) is 4.98 Å². The van der Waals surface area contributed by atoms with Gasteiger partial charge in [-0.15, -0.1) is 0 Å². The van der Waals surface area contributed by atoms with Gasteiger partial charge in [0.1, 0.15) is 12.4 Å². The fourth-order valence-corrected chi connectivity index (χ4v) is 3.37. The first-order chi connectivity index (χ1) is 13.1. The lowest BCUT2D eigenvalue weighted by atomic mass is 10.1. The zero-order valence-electron chi connectivity index (χ0n) is 15.5. The number of benzene rings is 3. The van der Waals surface area contributed by atoms with Crippen LogP contribution in [0.3, 0.4) is 0 Å². The van der Waals surface area contributed by atoms with Gasteiger partial charge in [0.25, 0.3) is 0 Å². The van der Waals surface area contributed by atoms with Gasteiger partial charge in [-0.25, -0.2) is 4.98 Å². The number of nitrogens with zero attached hydrogens (tertiary/aromatic N) is 3. The van der Waals surface area contributed by atoms with Gasteiger partial charge < -0.3 is 14.8 Å². The van der Waals surface area contributed by atoms with Gasteiger partial charge in [0.2, 0.25) is 5.91 Å². The van der Waals surface area contributed by atoms with E-state index in [-0.39, 0.29) is 12.5 Å². The van der Waals surface area contributed by atoms with Gasteiger partial charge >= 0.3 is 0 Å². The average Bonchev–Trinajstić information content (AvgIpc) is 2.98. The Balaban J connectivity index is 1.64. The van der Waals surface area contributed by atoms with Crippen LogP contribution in [0.1, 0.15) is 5.82 Å². The van der Waals surface area contributed by atoms with E-state index < -0.39 is 0 Å². The van der Waals surface area contributed by atoms with Crippen LogP contribution in [0.4, 0.5) is 5.69 Å². The summed E-state index contributed by atoms with van der Waals surface area (Å²) in [5, 5.41) is 5.21. The van der Waals surface area contributed by atoms with Crippen LogP contribution < -0.4 is 5.32 Å². The molecule has 1 N–H and O–H groups in total. The summed E-state index contributed by atoms with van der Waals surface area (Å²) >= 11 is 0. The highest BCUT2D eigenvalue weighted by atomic mass is 16.1. The number of anilines is 1. The molecule has 5 nitrogen and oxygen atoms in total. The molecule has 3 aromatic carbocycles. The number of hydrogen-bond donors (Lipinski definition) is 1. The monoisotopic (exact) mass is 358 g/mol. The van der Waals surface area contributed by atoms with Crippen LogP contribution in [-0.2, 0) is 17.9 Å². The van der Waals surface area contributed by atoms with Crippen molar-refractivity contribution in [3.05, 3.63) is 72.6 Å². The second-order valence-electron chi connectivity index (χ2n) is 6.92. The van der Waals surface area contributed by atoms with Crippen LogP contribution in [0.15, 0.2) is 66.7 Å². The molecule has 4 aromatic rings. The number of nitrogens with one attached hydrogen (secondary N) is 1. The lowest BCUT2D eigenvalue weighted by molar-refractivity contribution is -0.116. The number of rotatable bonds is 5. The van der Waals surface area contributed by atoms with Crippen molar-refractivity contribution in [2.24, 2.45) is 0 Å². The van der Waals surface area contributed by atoms with E-state index in [1.54, 1.807) is 0 Å². The molecular weight excluding hydrogens is 336 g/mol. The zero-order chi connectivity index (χ0) is 18.8. The van der Waals surface area contributed by atoms with Crippen LogP contribution in [0, 0.1) is 0 Å². The molecule has 1 heterocycles. The number of carbonyl (C=O) groups is 1. The normalized spacial score (nSPS) is 11.4. The maximum atomic E-state index is 12.8. The van der Waals surface area contributed by atoms with Crippen molar-refractivity contribution in [2.75, 3.05) is 19.4 Å². The number of amides is 1. The van der Waals surface area contributed by atoms with E-state index >= 15 is 0 Å². The smallest absolute Gasteiger partial charge is 0.244 e. The molecule has 0 atom stereocenters. The lowest BCUT2D eigenvalue weighted by Crippen LogP contribution is -2.22. The highest BCUT2D eigenvalue weighted by Crippen LogP contribution is 2.23. The average molecular weight is 358 g/mol. The quantitative estimate of drug-likeness (QED) is 0.589. The number of aromatic nitrogens is 2. The Morgan fingerprint density at radius 1 is 1.00 bits per heavy atom. The summed E-state index contributed by atoms with van der Waals surface area (Å²) in [6.45, 7) is 0.906. The molecule has 0 aliphatic heterocycles. The van der Waals surface area contributed by atoms with Gasteiger partial charge in [-0.1, -0.05) is 48.5 Å². The van der Waals surface area contributed by atoms with Crippen molar-refractivity contribution in [1.29, 1.82) is 0 Å². The topological polar surface area (TPSA) is 50.2 Å². The Labute approximate surface area is 158 Å². The Kier molecular flexibility index (Phi) is 4.60. The first-order valence-corrected chi connectivity index (χ1v) is 8.98. The van der Waals surface area contributed by atoms with E-state index in [9.17, 15) is 4.79 Å². The zero-order valence-corrected chi connectivity index (χ0v) is 15.5. The summed E-state index contributed by atoms with van der Waals surface area (Å²) in [6.07, 6.45) is 0. The van der Waals surface area contributed by atoms with Crippen molar-refractivity contribution < 1.29 is 4.79 Å². The number of fused-ring (bicyclic) bond motifs is 2. The van der Waals surface area contributed by atoms with Gasteiger partial charge in [-0.05, 0) is 37.7 Å². The van der Waals surface area contributed by atoms with Crippen LogP contribution in [0.5, 0.6) is 0 Å². The summed E-state index contributed by atoms with van der Waals surface area (Å²) < 4.78 is 2.00. The van der Waals surface area contributed by atoms with Gasteiger partial charge in [-0.2, -0.15) is 0 Å². The van der Waals surface area contributed by atoms with Gasteiger partial charge in [0, 0.05) is 11.1 Å². The molecule has 0 aliphatic carbocycles. The Hall–Kier alpha value is -3.18. The number of para-hydroxylation sites is 2. The lowest BCUT2D eigenvalue weighted by Gasteiger charge is -2.14. The minimum atomic E-state index is -0.0606. The predicted octanol–water partition coefficient (Wildman–Crippen LogP) is 3.89. The predicted molar refractivity (Wildman–Crippen MR) is 110 cm³/mol. The molecule has 0 saturated carbocycles. The van der Waals surface area contributed by atoms with Crippen molar-refractivity contribution in [3.8, 4) is 0 Å². The van der Waals surface area contributed by atoms with Crippen LogP contribution in [0.25, 0.3) is 21.8 Å². The van der Waals surface area contributed by atoms with Crippen molar-refractivity contribution in [1.82, 2.24) is 14.5 Å². The largest absolute Gasteiger partial charge is 0.324 e. The molecule has 0 aliphatic rings. The van der Waals surface area contributed by atoms with Crippen molar-refractivity contribution >= 4 is 33.4 Å². The van der Waals surface area contributed by atoms with E-state index in [0.717, 1.165) is 33.3 Å². The molecule has 0 radical (unpaired) electrons. The molecule has 1 amide bonds. The maximum Gasteiger partial charge on any atom is 0.244 e. The number of hydrogen-bond acceptors (Lipinski definition) is 3.